The van der Waals surface area contributed by atoms with Crippen molar-refractivity contribution in [3.63, 3.8) is 0 Å². The number of carbonyl (C=O) groups is 1. The van der Waals surface area contributed by atoms with E-state index in [-0.39, 0.29) is 5.78 Å². The van der Waals surface area contributed by atoms with E-state index >= 15 is 4.79 Å². The lowest BCUT2D eigenvalue weighted by atomic mass is 9.42. The minimum atomic E-state index is -1.34. The molecule has 0 spiro atoms. The quantitative estimate of drug-likeness (QED) is 0.137. The largest absolute Gasteiger partial charge is 0.348 e. The Labute approximate surface area is 351 Å². The van der Waals surface area contributed by atoms with E-state index in [0.717, 1.165) is 55.7 Å². The number of ketones is 1. The molecule has 0 aromatic heterocycles. The lowest BCUT2D eigenvalue weighted by molar-refractivity contribution is -0.201. The van der Waals surface area contributed by atoms with Crippen LogP contribution in [0.5, 0.6) is 0 Å². The summed E-state index contributed by atoms with van der Waals surface area (Å²) in [6, 6.07) is 85.5. The van der Waals surface area contributed by atoms with Crippen LogP contribution in [0.3, 0.4) is 0 Å². The number of carbonyl (C=O) groups excluding carboxylic acids is 1. The van der Waals surface area contributed by atoms with E-state index in [2.05, 4.69) is 212 Å². The summed E-state index contributed by atoms with van der Waals surface area (Å²) in [5.41, 5.74) is 8.97. The van der Waals surface area contributed by atoms with Crippen LogP contribution in [0, 0.1) is 11.8 Å². The van der Waals surface area contributed by atoms with E-state index in [0.29, 0.717) is 5.56 Å². The van der Waals surface area contributed by atoms with Gasteiger partial charge in [0.1, 0.15) is 11.2 Å². The highest BCUT2D eigenvalue weighted by atomic mass is 16.5. The first-order valence-electron chi connectivity index (χ1n) is 20.9. The third-order valence-corrected chi connectivity index (χ3v) is 13.3. The Morgan fingerprint density at radius 3 is 1.17 bits per heavy atom. The zero-order valence-electron chi connectivity index (χ0n) is 33.1. The van der Waals surface area contributed by atoms with E-state index in [1.54, 1.807) is 0 Å². The van der Waals surface area contributed by atoms with Gasteiger partial charge < -0.3 is 4.74 Å². The second-order valence-electron chi connectivity index (χ2n) is 16.1. The maximum Gasteiger partial charge on any atom is 0.170 e. The van der Waals surface area contributed by atoms with Gasteiger partial charge in [0.15, 0.2) is 5.78 Å². The summed E-state index contributed by atoms with van der Waals surface area (Å²) >= 11 is 0. The number of Topliss-reactive ketones (excluding diaryl/α,β-unsaturated/α-hetero) is 1. The number of hydrogen-bond acceptors (Lipinski definition) is 2. The van der Waals surface area contributed by atoms with Crippen LogP contribution in [-0.4, -0.2) is 5.78 Å². The summed E-state index contributed by atoms with van der Waals surface area (Å²) in [6.45, 7) is 0. The lowest BCUT2D eigenvalue weighted by Crippen LogP contribution is -2.69. The number of hydrogen-bond donors (Lipinski definition) is 0. The molecule has 1 fully saturated rings. The maximum absolute atomic E-state index is 16.7. The van der Waals surface area contributed by atoms with Crippen molar-refractivity contribution >= 4 is 28.1 Å². The Bertz CT molecular complexity index is 2880. The Kier molecular flexibility index (Phi) is 8.58. The third kappa shape index (κ3) is 5.01. The van der Waals surface area contributed by atoms with Gasteiger partial charge in [-0.15, -0.1) is 0 Å². The van der Waals surface area contributed by atoms with Crippen molar-refractivity contribution in [3.05, 3.63) is 287 Å². The Balaban J connectivity index is 1.47. The molecule has 2 nitrogen and oxygen atoms in total. The van der Waals surface area contributed by atoms with Gasteiger partial charge in [0.25, 0.3) is 0 Å². The number of allylic oxidation sites excluding steroid dienone is 1. The van der Waals surface area contributed by atoms with Crippen LogP contribution < -0.4 is 0 Å². The molecule has 0 unspecified atom stereocenters. The van der Waals surface area contributed by atoms with E-state index in [1.807, 2.05) is 30.3 Å². The molecule has 4 bridgehead atoms. The standard InChI is InChI=1S/C58H42O2/c59-53(45-33-17-5-18-34-45)55-56(46-35-19-6-20-36-46)51(43-29-13-3-14-30-43)52(44-31-15-4-16-32-44)58(48-39-23-8-24-40-48)54(56)49(41-25-9-1-10-26-41)50(42-27-11-2-12-28-42)57(55,60-58)47-37-21-7-22-38-47/h1-40,54-55H/t54-,55-,56-,57+,58+/m1/s1. The van der Waals surface area contributed by atoms with Crippen molar-refractivity contribution in [1.82, 2.24) is 0 Å². The first-order chi connectivity index (χ1) is 29.7. The van der Waals surface area contributed by atoms with E-state index < -0.39 is 28.5 Å². The predicted octanol–water partition coefficient (Wildman–Crippen LogP) is 13.1. The monoisotopic (exact) mass is 770 g/mol. The minimum absolute atomic E-state index is 0.0400. The Hall–Kier alpha value is -7.13. The molecule has 2 heterocycles. The van der Waals surface area contributed by atoms with Crippen LogP contribution in [0.4, 0.5) is 0 Å². The van der Waals surface area contributed by atoms with Crippen LogP contribution in [0.15, 0.2) is 243 Å². The fourth-order valence-electron chi connectivity index (χ4n) is 11.3. The summed E-state index contributed by atoms with van der Waals surface area (Å²) in [4.78, 5) is 16.7. The smallest absolute Gasteiger partial charge is 0.170 e. The molecule has 8 aromatic carbocycles. The van der Waals surface area contributed by atoms with Gasteiger partial charge in [-0.1, -0.05) is 243 Å². The molecule has 2 aliphatic carbocycles. The van der Waals surface area contributed by atoms with E-state index in [9.17, 15) is 0 Å². The molecule has 5 atom stereocenters. The topological polar surface area (TPSA) is 26.3 Å². The van der Waals surface area contributed by atoms with Gasteiger partial charge in [0.2, 0.25) is 0 Å². The SMILES string of the molecule is O=C(c1ccccc1)[C@@H]1[C@]2(c3ccccc3)C(c3ccccc3)=C(c3ccccc3)[C@]3(c4ccccc4)O[C@@]1(c1ccccc1)C(c1ccccc1)=C(c1ccccc1)[C@H]23. The van der Waals surface area contributed by atoms with E-state index in [1.165, 1.54) is 5.57 Å². The lowest BCUT2D eigenvalue weighted by Gasteiger charge is -2.67. The summed E-state index contributed by atoms with van der Waals surface area (Å²) in [5, 5.41) is 0. The summed E-state index contributed by atoms with van der Waals surface area (Å²) < 4.78 is 8.63. The van der Waals surface area contributed by atoms with Gasteiger partial charge in [-0.25, -0.2) is 0 Å². The predicted molar refractivity (Wildman–Crippen MR) is 243 cm³/mol. The molecule has 2 heteroatoms. The number of ether oxygens (including phenoxy) is 1. The summed E-state index contributed by atoms with van der Waals surface area (Å²) in [5.74, 6) is -1.17. The summed E-state index contributed by atoms with van der Waals surface area (Å²) in [6.07, 6.45) is 0. The van der Waals surface area contributed by atoms with Gasteiger partial charge in [0.05, 0.1) is 5.92 Å². The van der Waals surface area contributed by atoms with Crippen LogP contribution in [-0.2, 0) is 21.4 Å². The number of benzene rings is 8. The van der Waals surface area contributed by atoms with Crippen molar-refractivity contribution in [2.75, 3.05) is 0 Å². The first kappa shape index (κ1) is 36.0. The molecular formula is C58H42O2. The molecule has 286 valence electrons. The van der Waals surface area contributed by atoms with Crippen LogP contribution in [0.1, 0.15) is 49.3 Å². The average Bonchev–Trinajstić information content (AvgIpc) is 3.56. The molecule has 8 aromatic rings. The molecule has 2 aliphatic heterocycles. The normalized spacial score (nSPS) is 24.1. The summed E-state index contributed by atoms with van der Waals surface area (Å²) in [7, 11) is 0. The molecule has 0 saturated carbocycles. The molecule has 0 amide bonds. The molecule has 4 aliphatic rings. The highest BCUT2D eigenvalue weighted by Crippen LogP contribution is 2.82. The zero-order valence-corrected chi connectivity index (χ0v) is 33.1. The molecule has 0 N–H and O–H groups in total. The first-order valence-corrected chi connectivity index (χ1v) is 20.9. The Morgan fingerprint density at radius 1 is 0.350 bits per heavy atom. The zero-order chi connectivity index (χ0) is 40.2. The van der Waals surface area contributed by atoms with Gasteiger partial charge >= 0.3 is 0 Å². The van der Waals surface area contributed by atoms with E-state index in [4.69, 9.17) is 4.74 Å². The third-order valence-electron chi connectivity index (χ3n) is 13.3. The average molecular weight is 771 g/mol. The van der Waals surface area contributed by atoms with Gasteiger partial charge in [-0.05, 0) is 50.1 Å². The highest BCUT2D eigenvalue weighted by Gasteiger charge is 2.81. The minimum Gasteiger partial charge on any atom is -0.348 e. The van der Waals surface area contributed by atoms with Crippen molar-refractivity contribution in [3.8, 4) is 0 Å². The van der Waals surface area contributed by atoms with Crippen molar-refractivity contribution < 1.29 is 9.53 Å². The van der Waals surface area contributed by atoms with Crippen LogP contribution in [0.25, 0.3) is 22.3 Å². The van der Waals surface area contributed by atoms with Crippen molar-refractivity contribution in [1.29, 1.82) is 0 Å². The molecule has 1 saturated heterocycles. The van der Waals surface area contributed by atoms with Gasteiger partial charge in [-0.3, -0.25) is 4.79 Å². The fourth-order valence-corrected chi connectivity index (χ4v) is 11.3. The second kappa shape index (κ2) is 14.3. The maximum atomic E-state index is 16.7. The van der Waals surface area contributed by atoms with Crippen LogP contribution >= 0.6 is 0 Å². The van der Waals surface area contributed by atoms with Crippen molar-refractivity contribution in [2.45, 2.75) is 16.6 Å². The highest BCUT2D eigenvalue weighted by molar-refractivity contribution is 6.17. The fraction of sp³-hybridized carbons (Fsp3) is 0.0862. The second-order valence-corrected chi connectivity index (χ2v) is 16.1. The van der Waals surface area contributed by atoms with Gasteiger partial charge in [0, 0.05) is 28.0 Å². The number of rotatable bonds is 9. The Morgan fingerprint density at radius 2 is 0.700 bits per heavy atom. The molecule has 60 heavy (non-hydrogen) atoms. The van der Waals surface area contributed by atoms with Crippen LogP contribution in [0.2, 0.25) is 0 Å². The molecule has 0 radical (unpaired) electrons. The van der Waals surface area contributed by atoms with Crippen molar-refractivity contribution in [2.24, 2.45) is 11.8 Å². The molecule has 12 rings (SSSR count). The molecular weight excluding hydrogens is 729 g/mol. The van der Waals surface area contributed by atoms with Gasteiger partial charge in [-0.2, -0.15) is 0 Å².